The van der Waals surface area contributed by atoms with Crippen molar-refractivity contribution in [1.82, 2.24) is 9.97 Å². The van der Waals surface area contributed by atoms with Gasteiger partial charge >= 0.3 is 0 Å². The Labute approximate surface area is 117 Å². The van der Waals surface area contributed by atoms with Crippen LogP contribution in [0.25, 0.3) is 0 Å². The lowest BCUT2D eigenvalue weighted by Gasteiger charge is -2.14. The molecule has 4 N–H and O–H groups in total. The first kappa shape index (κ1) is 14.0. The molecule has 0 aliphatic heterocycles. The van der Waals surface area contributed by atoms with Gasteiger partial charge in [0.05, 0.1) is 0 Å². The molecule has 0 aliphatic rings. The van der Waals surface area contributed by atoms with E-state index in [1.165, 1.54) is 18.5 Å². The number of benzene rings is 1. The zero-order valence-electron chi connectivity index (χ0n) is 11.5. The Kier molecular flexibility index (Phi) is 4.34. The molecule has 2 aromatic rings. The number of halogens is 1. The molecule has 0 unspecified atom stereocenters. The van der Waals surface area contributed by atoms with E-state index in [0.29, 0.717) is 23.9 Å². The van der Waals surface area contributed by atoms with E-state index in [1.807, 2.05) is 13.8 Å². The van der Waals surface area contributed by atoms with Gasteiger partial charge in [0.15, 0.2) is 11.6 Å². The molecular formula is C14H18FN5. The van der Waals surface area contributed by atoms with Crippen molar-refractivity contribution in [3.8, 4) is 0 Å². The quantitative estimate of drug-likeness (QED) is 0.782. The zero-order chi connectivity index (χ0) is 14.5. The summed E-state index contributed by atoms with van der Waals surface area (Å²) in [5.74, 6) is 0.919. The van der Waals surface area contributed by atoms with Crippen LogP contribution in [0.5, 0.6) is 0 Å². The van der Waals surface area contributed by atoms with Gasteiger partial charge in [-0.1, -0.05) is 12.1 Å². The van der Waals surface area contributed by atoms with Gasteiger partial charge < -0.3 is 16.4 Å². The summed E-state index contributed by atoms with van der Waals surface area (Å²) < 4.78 is 12.8. The monoisotopic (exact) mass is 275 g/mol. The number of hydrogen-bond donors (Lipinski definition) is 3. The largest absolute Gasteiger partial charge is 0.393 e. The number of nitrogens with zero attached hydrogens (tertiary/aromatic N) is 2. The molecule has 20 heavy (non-hydrogen) atoms. The molecule has 0 bridgehead atoms. The van der Waals surface area contributed by atoms with Crippen molar-refractivity contribution in [2.45, 2.75) is 26.4 Å². The minimum atomic E-state index is -0.251. The van der Waals surface area contributed by atoms with Crippen LogP contribution in [0, 0.1) is 5.82 Å². The third kappa shape index (κ3) is 3.57. The highest BCUT2D eigenvalue weighted by atomic mass is 19.1. The predicted octanol–water partition coefficient (Wildman–Crippen LogP) is 2.63. The normalized spacial score (nSPS) is 10.6. The lowest BCUT2D eigenvalue weighted by atomic mass is 10.2. The molecule has 0 atom stereocenters. The number of rotatable bonds is 5. The van der Waals surface area contributed by atoms with Crippen LogP contribution in [-0.4, -0.2) is 16.0 Å². The first-order valence-electron chi connectivity index (χ1n) is 6.41. The van der Waals surface area contributed by atoms with Crippen molar-refractivity contribution in [3.63, 3.8) is 0 Å². The van der Waals surface area contributed by atoms with Crippen LogP contribution in [0.2, 0.25) is 0 Å². The predicted molar refractivity (Wildman–Crippen MR) is 78.9 cm³/mol. The highest BCUT2D eigenvalue weighted by Gasteiger charge is 2.08. The molecule has 0 amide bonds. The van der Waals surface area contributed by atoms with Crippen molar-refractivity contribution in [2.24, 2.45) is 0 Å². The molecular weight excluding hydrogens is 257 g/mol. The maximum absolute atomic E-state index is 12.8. The van der Waals surface area contributed by atoms with Gasteiger partial charge in [0, 0.05) is 12.6 Å². The Bertz CT molecular complexity index is 568. The number of aromatic nitrogens is 2. The van der Waals surface area contributed by atoms with E-state index in [9.17, 15) is 4.39 Å². The van der Waals surface area contributed by atoms with Crippen molar-refractivity contribution in [1.29, 1.82) is 0 Å². The second-order valence-corrected chi connectivity index (χ2v) is 4.76. The molecule has 0 saturated heterocycles. The molecule has 0 radical (unpaired) electrons. The van der Waals surface area contributed by atoms with Crippen LogP contribution >= 0.6 is 0 Å². The highest BCUT2D eigenvalue weighted by molar-refractivity contribution is 5.74. The lowest BCUT2D eigenvalue weighted by molar-refractivity contribution is 0.627. The van der Waals surface area contributed by atoms with E-state index in [-0.39, 0.29) is 11.9 Å². The third-order valence-electron chi connectivity index (χ3n) is 2.68. The second kappa shape index (κ2) is 6.18. The summed E-state index contributed by atoms with van der Waals surface area (Å²) in [5.41, 5.74) is 7.43. The molecule has 1 aromatic heterocycles. The fraction of sp³-hybridized carbons (Fsp3) is 0.286. The van der Waals surface area contributed by atoms with E-state index >= 15 is 0 Å². The van der Waals surface area contributed by atoms with Gasteiger partial charge in [-0.3, -0.25) is 0 Å². The van der Waals surface area contributed by atoms with E-state index in [0.717, 1.165) is 5.56 Å². The summed E-state index contributed by atoms with van der Waals surface area (Å²) in [4.78, 5) is 8.23. The van der Waals surface area contributed by atoms with E-state index < -0.39 is 0 Å². The van der Waals surface area contributed by atoms with Crippen LogP contribution < -0.4 is 16.4 Å². The Morgan fingerprint density at radius 2 is 1.80 bits per heavy atom. The number of hydrogen-bond acceptors (Lipinski definition) is 5. The standard InChI is InChI=1S/C14H18FN5/c1-9(2)20-14-12(16)13(18-8-19-14)17-7-10-3-5-11(15)6-4-10/h3-6,8-9H,7,16H2,1-2H3,(H2,17,18,19,20). The Hall–Kier alpha value is -2.37. The summed E-state index contributed by atoms with van der Waals surface area (Å²) in [6.07, 6.45) is 1.45. The molecule has 0 spiro atoms. The fourth-order valence-corrected chi connectivity index (χ4v) is 1.71. The molecule has 5 nitrogen and oxygen atoms in total. The average molecular weight is 275 g/mol. The molecule has 6 heteroatoms. The van der Waals surface area contributed by atoms with Crippen molar-refractivity contribution in [3.05, 3.63) is 42.0 Å². The van der Waals surface area contributed by atoms with Gasteiger partial charge in [0.25, 0.3) is 0 Å². The minimum Gasteiger partial charge on any atom is -0.393 e. The van der Waals surface area contributed by atoms with E-state index in [1.54, 1.807) is 12.1 Å². The molecule has 106 valence electrons. The smallest absolute Gasteiger partial charge is 0.155 e. The molecule has 0 fully saturated rings. The fourth-order valence-electron chi connectivity index (χ4n) is 1.71. The summed E-state index contributed by atoms with van der Waals surface area (Å²) in [7, 11) is 0. The first-order chi connectivity index (χ1) is 9.56. The van der Waals surface area contributed by atoms with Crippen molar-refractivity contribution < 1.29 is 4.39 Å². The number of nitrogens with one attached hydrogen (secondary N) is 2. The Balaban J connectivity index is 2.07. The molecule has 0 aliphatic carbocycles. The maximum atomic E-state index is 12.8. The minimum absolute atomic E-state index is 0.233. The highest BCUT2D eigenvalue weighted by Crippen LogP contribution is 2.23. The van der Waals surface area contributed by atoms with E-state index in [2.05, 4.69) is 20.6 Å². The first-order valence-corrected chi connectivity index (χ1v) is 6.41. The van der Waals surface area contributed by atoms with Crippen LogP contribution in [-0.2, 0) is 6.54 Å². The molecule has 2 rings (SSSR count). The summed E-state index contributed by atoms with van der Waals surface area (Å²) in [6, 6.07) is 6.51. The van der Waals surface area contributed by atoms with Gasteiger partial charge in [-0.15, -0.1) is 0 Å². The maximum Gasteiger partial charge on any atom is 0.155 e. The summed E-state index contributed by atoms with van der Waals surface area (Å²) in [6.45, 7) is 4.53. The number of anilines is 3. The topological polar surface area (TPSA) is 75.9 Å². The number of nitrogen functional groups attached to an aromatic ring is 1. The lowest BCUT2D eigenvalue weighted by Crippen LogP contribution is -2.14. The van der Waals surface area contributed by atoms with Crippen LogP contribution in [0.15, 0.2) is 30.6 Å². The van der Waals surface area contributed by atoms with Crippen LogP contribution in [0.1, 0.15) is 19.4 Å². The Morgan fingerprint density at radius 3 is 2.45 bits per heavy atom. The van der Waals surface area contributed by atoms with Gasteiger partial charge in [0.2, 0.25) is 0 Å². The number of nitrogens with two attached hydrogens (primary N) is 1. The van der Waals surface area contributed by atoms with E-state index in [4.69, 9.17) is 5.73 Å². The SMILES string of the molecule is CC(C)Nc1ncnc(NCc2ccc(F)cc2)c1N. The van der Waals surface area contributed by atoms with Crippen LogP contribution in [0.3, 0.4) is 0 Å². The van der Waals surface area contributed by atoms with Crippen molar-refractivity contribution in [2.75, 3.05) is 16.4 Å². The Morgan fingerprint density at radius 1 is 1.15 bits per heavy atom. The van der Waals surface area contributed by atoms with Crippen molar-refractivity contribution >= 4 is 17.3 Å². The van der Waals surface area contributed by atoms with Gasteiger partial charge in [-0.2, -0.15) is 0 Å². The van der Waals surface area contributed by atoms with Gasteiger partial charge in [0.1, 0.15) is 17.8 Å². The molecule has 1 aromatic carbocycles. The third-order valence-corrected chi connectivity index (χ3v) is 2.68. The average Bonchev–Trinajstić information content (AvgIpc) is 2.41. The second-order valence-electron chi connectivity index (χ2n) is 4.76. The zero-order valence-corrected chi connectivity index (χ0v) is 11.5. The van der Waals surface area contributed by atoms with Gasteiger partial charge in [-0.05, 0) is 31.5 Å². The van der Waals surface area contributed by atoms with Gasteiger partial charge in [-0.25, -0.2) is 14.4 Å². The van der Waals surface area contributed by atoms with Crippen LogP contribution in [0.4, 0.5) is 21.7 Å². The molecule has 1 heterocycles. The molecule has 0 saturated carbocycles. The summed E-state index contributed by atoms with van der Waals surface area (Å²) >= 11 is 0. The summed E-state index contributed by atoms with van der Waals surface area (Å²) in [5, 5.41) is 6.28.